The molecule has 6 nitrogen and oxygen atoms in total. The number of ether oxygens (including phenoxy) is 1. The molecule has 7 heteroatoms. The first-order valence-corrected chi connectivity index (χ1v) is 11.3. The van der Waals surface area contributed by atoms with E-state index >= 15 is 0 Å². The van der Waals surface area contributed by atoms with Crippen molar-refractivity contribution in [1.82, 2.24) is 14.4 Å². The van der Waals surface area contributed by atoms with Crippen molar-refractivity contribution in [2.24, 2.45) is 7.05 Å². The van der Waals surface area contributed by atoms with E-state index in [0.717, 1.165) is 11.3 Å². The van der Waals surface area contributed by atoms with Gasteiger partial charge in [-0.2, -0.15) is 0 Å². The molecule has 174 valence electrons. The highest BCUT2D eigenvalue weighted by molar-refractivity contribution is 6.33. The number of methoxy groups -OCH3 is 1. The van der Waals surface area contributed by atoms with Crippen LogP contribution in [-0.4, -0.2) is 53.0 Å². The number of carbonyl (C=O) groups excluding carboxylic acids is 2. The normalized spacial score (nSPS) is 10.8. The molecule has 0 unspecified atom stereocenters. The van der Waals surface area contributed by atoms with Crippen LogP contribution in [0.1, 0.15) is 28.0 Å². The molecule has 3 aromatic rings. The van der Waals surface area contributed by atoms with Gasteiger partial charge in [-0.15, -0.1) is 0 Å². The third-order valence-electron chi connectivity index (χ3n) is 5.47. The molecule has 33 heavy (non-hydrogen) atoms. The summed E-state index contributed by atoms with van der Waals surface area (Å²) in [7, 11) is 3.57. The van der Waals surface area contributed by atoms with Crippen molar-refractivity contribution in [2.45, 2.75) is 19.5 Å². The SMILES string of the molecule is COCCCN(CC(=O)N(Cc1ccccc1)Cc1cccn1C)C(=O)c1ccccc1Cl. The summed E-state index contributed by atoms with van der Waals surface area (Å²) in [4.78, 5) is 30.1. The zero-order valence-corrected chi connectivity index (χ0v) is 19.9. The molecular weight excluding hydrogens is 438 g/mol. The van der Waals surface area contributed by atoms with Gasteiger partial charge < -0.3 is 19.1 Å². The van der Waals surface area contributed by atoms with Crippen LogP contribution < -0.4 is 0 Å². The Balaban J connectivity index is 1.82. The van der Waals surface area contributed by atoms with Gasteiger partial charge in [0.2, 0.25) is 5.91 Å². The maximum atomic E-state index is 13.5. The minimum absolute atomic E-state index is 0.0367. The lowest BCUT2D eigenvalue weighted by atomic mass is 10.1. The molecule has 3 rings (SSSR count). The molecule has 0 N–H and O–H groups in total. The van der Waals surface area contributed by atoms with Gasteiger partial charge in [-0.1, -0.05) is 54.1 Å². The van der Waals surface area contributed by atoms with E-state index in [-0.39, 0.29) is 18.4 Å². The maximum Gasteiger partial charge on any atom is 0.255 e. The van der Waals surface area contributed by atoms with Crippen molar-refractivity contribution in [3.63, 3.8) is 0 Å². The highest BCUT2D eigenvalue weighted by Crippen LogP contribution is 2.18. The van der Waals surface area contributed by atoms with Crippen LogP contribution in [0.3, 0.4) is 0 Å². The highest BCUT2D eigenvalue weighted by Gasteiger charge is 2.24. The zero-order chi connectivity index (χ0) is 23.6. The molecule has 1 heterocycles. The highest BCUT2D eigenvalue weighted by atomic mass is 35.5. The average Bonchev–Trinajstić information content (AvgIpc) is 3.23. The molecule has 0 aliphatic carbocycles. The fraction of sp³-hybridized carbons (Fsp3) is 0.308. The number of benzene rings is 2. The third kappa shape index (κ3) is 6.94. The predicted octanol–water partition coefficient (Wildman–Crippen LogP) is 4.39. The Morgan fingerprint density at radius 3 is 2.33 bits per heavy atom. The fourth-order valence-electron chi connectivity index (χ4n) is 3.61. The molecule has 0 radical (unpaired) electrons. The smallest absolute Gasteiger partial charge is 0.255 e. The second kappa shape index (κ2) is 12.2. The quantitative estimate of drug-likeness (QED) is 0.393. The van der Waals surface area contributed by atoms with Crippen LogP contribution in [0.4, 0.5) is 0 Å². The third-order valence-corrected chi connectivity index (χ3v) is 5.80. The molecule has 0 atom stereocenters. The number of hydrogen-bond donors (Lipinski definition) is 0. The summed E-state index contributed by atoms with van der Waals surface area (Å²) in [5, 5.41) is 0.372. The molecule has 0 fully saturated rings. The van der Waals surface area contributed by atoms with Gasteiger partial charge >= 0.3 is 0 Å². The summed E-state index contributed by atoms with van der Waals surface area (Å²) >= 11 is 6.27. The Bertz CT molecular complexity index is 1050. The second-order valence-electron chi connectivity index (χ2n) is 7.90. The van der Waals surface area contributed by atoms with Gasteiger partial charge in [0.15, 0.2) is 0 Å². The Morgan fingerprint density at radius 2 is 1.67 bits per heavy atom. The van der Waals surface area contributed by atoms with Crippen molar-refractivity contribution in [1.29, 1.82) is 0 Å². The first kappa shape index (κ1) is 24.6. The molecular formula is C26H30ClN3O3. The van der Waals surface area contributed by atoms with Crippen molar-refractivity contribution >= 4 is 23.4 Å². The van der Waals surface area contributed by atoms with Crippen LogP contribution in [0, 0.1) is 0 Å². The number of rotatable bonds is 11. The van der Waals surface area contributed by atoms with Gasteiger partial charge in [0.25, 0.3) is 5.91 Å². The average molecular weight is 468 g/mol. The van der Waals surface area contributed by atoms with Crippen molar-refractivity contribution in [3.05, 3.63) is 94.8 Å². The van der Waals surface area contributed by atoms with E-state index < -0.39 is 0 Å². The fourth-order valence-corrected chi connectivity index (χ4v) is 3.83. The van der Waals surface area contributed by atoms with Crippen LogP contribution in [0.15, 0.2) is 72.9 Å². The Kier molecular flexibility index (Phi) is 9.10. The topological polar surface area (TPSA) is 54.8 Å². The summed E-state index contributed by atoms with van der Waals surface area (Å²) in [6, 6.07) is 20.7. The maximum absolute atomic E-state index is 13.5. The van der Waals surface area contributed by atoms with Crippen LogP contribution in [0.25, 0.3) is 0 Å². The van der Waals surface area contributed by atoms with Gasteiger partial charge in [-0.3, -0.25) is 9.59 Å². The van der Waals surface area contributed by atoms with E-state index in [2.05, 4.69) is 0 Å². The minimum Gasteiger partial charge on any atom is -0.385 e. The molecule has 2 amide bonds. The second-order valence-corrected chi connectivity index (χ2v) is 8.31. The van der Waals surface area contributed by atoms with Crippen LogP contribution in [-0.2, 0) is 29.7 Å². The number of amides is 2. The zero-order valence-electron chi connectivity index (χ0n) is 19.1. The first-order chi connectivity index (χ1) is 16.0. The van der Waals surface area contributed by atoms with Crippen LogP contribution in [0.2, 0.25) is 5.02 Å². The van der Waals surface area contributed by atoms with Crippen LogP contribution in [0.5, 0.6) is 0 Å². The number of carbonyl (C=O) groups is 2. The standard InChI is InChI=1S/C26H30ClN3O3/c1-28-15-8-12-22(28)19-30(18-21-10-4-3-5-11-21)25(31)20-29(16-9-17-33-2)26(32)23-13-6-7-14-24(23)27/h3-8,10-15H,9,16-20H2,1-2H3. The van der Waals surface area contributed by atoms with Crippen molar-refractivity contribution in [2.75, 3.05) is 26.8 Å². The van der Waals surface area contributed by atoms with E-state index in [1.165, 1.54) is 0 Å². The van der Waals surface area contributed by atoms with E-state index in [4.69, 9.17) is 16.3 Å². The summed E-state index contributed by atoms with van der Waals surface area (Å²) in [5.41, 5.74) is 2.44. The summed E-state index contributed by atoms with van der Waals surface area (Å²) in [6.07, 6.45) is 2.58. The first-order valence-electron chi connectivity index (χ1n) is 10.9. The van der Waals surface area contributed by atoms with Gasteiger partial charge in [0.1, 0.15) is 6.54 Å². The van der Waals surface area contributed by atoms with Gasteiger partial charge in [0.05, 0.1) is 17.1 Å². The molecule has 0 bridgehead atoms. The molecule has 1 aromatic heterocycles. The Morgan fingerprint density at radius 1 is 0.939 bits per heavy atom. The predicted molar refractivity (Wildman–Crippen MR) is 130 cm³/mol. The van der Waals surface area contributed by atoms with E-state index in [1.54, 1.807) is 41.2 Å². The number of aromatic nitrogens is 1. The molecule has 0 saturated carbocycles. The van der Waals surface area contributed by atoms with Crippen LogP contribution >= 0.6 is 11.6 Å². The number of halogens is 1. The number of nitrogens with zero attached hydrogens (tertiary/aromatic N) is 3. The monoisotopic (exact) mass is 467 g/mol. The summed E-state index contributed by atoms with van der Waals surface area (Å²) in [6.45, 7) is 1.76. The molecule has 0 saturated heterocycles. The molecule has 0 aliphatic heterocycles. The minimum atomic E-state index is -0.261. The van der Waals surface area contributed by atoms with Gasteiger partial charge in [-0.25, -0.2) is 0 Å². The summed E-state index contributed by atoms with van der Waals surface area (Å²) < 4.78 is 7.15. The van der Waals surface area contributed by atoms with Crippen molar-refractivity contribution in [3.8, 4) is 0 Å². The van der Waals surface area contributed by atoms with Gasteiger partial charge in [-0.05, 0) is 36.2 Å². The lowest BCUT2D eigenvalue weighted by molar-refractivity contribution is -0.133. The molecule has 0 aliphatic rings. The van der Waals surface area contributed by atoms with Gasteiger partial charge in [0, 0.05) is 45.7 Å². The Hall–Kier alpha value is -3.09. The van der Waals surface area contributed by atoms with E-state index in [9.17, 15) is 9.59 Å². The Labute approximate surface area is 200 Å². The summed E-state index contributed by atoms with van der Waals surface area (Å²) in [5.74, 6) is -0.388. The largest absolute Gasteiger partial charge is 0.385 e. The molecule has 0 spiro atoms. The van der Waals surface area contributed by atoms with E-state index in [0.29, 0.717) is 43.2 Å². The lowest BCUT2D eigenvalue weighted by Crippen LogP contribution is -2.43. The van der Waals surface area contributed by atoms with E-state index in [1.807, 2.05) is 60.3 Å². The lowest BCUT2D eigenvalue weighted by Gasteiger charge is -2.28. The number of aryl methyl sites for hydroxylation is 1. The number of hydrogen-bond acceptors (Lipinski definition) is 3. The van der Waals surface area contributed by atoms with Crippen molar-refractivity contribution < 1.29 is 14.3 Å². The molecule has 2 aromatic carbocycles.